The van der Waals surface area contributed by atoms with Gasteiger partial charge in [-0.3, -0.25) is 0 Å². The molecular weight excluding hydrogens is 372 g/mol. The molecule has 116 valence electrons. The molecule has 1 aliphatic rings. The zero-order valence-electron chi connectivity index (χ0n) is 11.8. The van der Waals surface area contributed by atoms with E-state index in [1.165, 1.54) is 0 Å². The minimum atomic E-state index is -0.409. The number of ether oxygens (including phenoxy) is 3. The molecule has 0 saturated carbocycles. The first-order valence-corrected chi connectivity index (χ1v) is 8.32. The van der Waals surface area contributed by atoms with Gasteiger partial charge in [-0.25, -0.2) is 4.79 Å². The fourth-order valence-corrected chi connectivity index (χ4v) is 3.10. The van der Waals surface area contributed by atoms with Gasteiger partial charge in [-0.05, 0) is 30.1 Å². The highest BCUT2D eigenvalue weighted by atomic mass is 79.9. The molecule has 8 heteroatoms. The van der Waals surface area contributed by atoms with Crippen molar-refractivity contribution >= 4 is 33.4 Å². The van der Waals surface area contributed by atoms with Crippen LogP contribution in [0.2, 0.25) is 0 Å². The fourth-order valence-electron chi connectivity index (χ4n) is 2.02. The second kappa shape index (κ2) is 6.62. The topological polar surface area (TPSA) is 70.5 Å². The van der Waals surface area contributed by atoms with Gasteiger partial charge in [-0.1, -0.05) is 27.3 Å². The smallest absolute Gasteiger partial charge is 0.352 e. The van der Waals surface area contributed by atoms with Crippen LogP contribution in [0.15, 0.2) is 16.6 Å². The third-order valence-corrected chi connectivity index (χ3v) is 4.63. The molecule has 0 amide bonds. The predicted octanol–water partition coefficient (Wildman–Crippen LogP) is 2.99. The van der Waals surface area contributed by atoms with Gasteiger partial charge in [-0.2, -0.15) is 0 Å². The van der Waals surface area contributed by atoms with Crippen LogP contribution in [0.25, 0.3) is 0 Å². The van der Waals surface area contributed by atoms with Crippen LogP contribution in [-0.4, -0.2) is 28.8 Å². The number of rotatable bonds is 4. The van der Waals surface area contributed by atoms with E-state index in [4.69, 9.17) is 14.2 Å². The molecule has 0 atom stereocenters. The molecule has 1 aliphatic heterocycles. The zero-order valence-corrected chi connectivity index (χ0v) is 14.2. The third kappa shape index (κ3) is 3.07. The lowest BCUT2D eigenvalue weighted by Gasteiger charge is -2.19. The first-order valence-electron chi connectivity index (χ1n) is 6.75. The maximum Gasteiger partial charge on any atom is 0.352 e. The van der Waals surface area contributed by atoms with Gasteiger partial charge < -0.3 is 14.2 Å². The number of hydrogen-bond donors (Lipinski definition) is 0. The summed E-state index contributed by atoms with van der Waals surface area (Å²) < 4.78 is 21.0. The average Bonchev–Trinajstić information content (AvgIpc) is 3.01. The normalized spacial score (nSPS) is 13.0. The van der Waals surface area contributed by atoms with E-state index in [1.54, 1.807) is 0 Å². The van der Waals surface area contributed by atoms with Crippen LogP contribution in [0.1, 0.15) is 27.9 Å². The Morgan fingerprint density at radius 3 is 2.82 bits per heavy atom. The number of halogens is 1. The van der Waals surface area contributed by atoms with Crippen LogP contribution in [0.3, 0.4) is 0 Å². The van der Waals surface area contributed by atoms with Gasteiger partial charge in [0.2, 0.25) is 0 Å². The Hall–Kier alpha value is -1.67. The second-order valence-electron chi connectivity index (χ2n) is 4.57. The van der Waals surface area contributed by atoms with E-state index in [1.807, 2.05) is 19.1 Å². The Morgan fingerprint density at radius 1 is 1.36 bits per heavy atom. The van der Waals surface area contributed by atoms with E-state index < -0.39 is 5.97 Å². The van der Waals surface area contributed by atoms with Crippen molar-refractivity contribution in [2.45, 2.75) is 20.0 Å². The number of aromatic nitrogens is 2. The summed E-state index contributed by atoms with van der Waals surface area (Å²) in [6, 6.07) is 3.64. The highest BCUT2D eigenvalue weighted by Gasteiger charge is 2.19. The summed E-state index contributed by atoms with van der Waals surface area (Å²) in [5.74, 6) is 0.941. The van der Waals surface area contributed by atoms with Gasteiger partial charge in [0, 0.05) is 10.0 Å². The molecule has 6 nitrogen and oxygen atoms in total. The van der Waals surface area contributed by atoms with Crippen LogP contribution >= 0.6 is 27.5 Å². The highest BCUT2D eigenvalue weighted by molar-refractivity contribution is 9.10. The van der Waals surface area contributed by atoms with E-state index in [0.29, 0.717) is 41.7 Å². The molecule has 1 aromatic carbocycles. The Kier molecular flexibility index (Phi) is 4.58. The largest absolute Gasteiger partial charge is 0.486 e. The zero-order chi connectivity index (χ0) is 15.5. The average molecular weight is 385 g/mol. The summed E-state index contributed by atoms with van der Waals surface area (Å²) in [5.41, 5.74) is 1.48. The van der Waals surface area contributed by atoms with Gasteiger partial charge in [0.25, 0.3) is 0 Å². The number of aryl methyl sites for hydroxylation is 1. The summed E-state index contributed by atoms with van der Waals surface area (Å²) >= 11 is 4.51. The first-order chi connectivity index (χ1) is 10.7. The van der Waals surface area contributed by atoms with Crippen molar-refractivity contribution in [1.82, 2.24) is 9.59 Å². The maximum absolute atomic E-state index is 12.1. The summed E-state index contributed by atoms with van der Waals surface area (Å²) in [6.45, 7) is 3.11. The van der Waals surface area contributed by atoms with Crippen LogP contribution < -0.4 is 9.47 Å². The van der Waals surface area contributed by atoms with Gasteiger partial charge in [-0.15, -0.1) is 5.10 Å². The molecule has 0 bridgehead atoms. The standard InChI is InChI=1S/C14H13BrN2O4S/c1-2-10-13(22-17-16-10)14(18)21-7-8-5-11-12(6-9(8)15)20-4-3-19-11/h5-6H,2-4,7H2,1H3. The fraction of sp³-hybridized carbons (Fsp3) is 0.357. The second-order valence-corrected chi connectivity index (χ2v) is 6.17. The van der Waals surface area contributed by atoms with Crippen molar-refractivity contribution in [2.24, 2.45) is 0 Å². The van der Waals surface area contributed by atoms with Crippen LogP contribution in [-0.2, 0) is 17.8 Å². The van der Waals surface area contributed by atoms with Gasteiger partial charge in [0.15, 0.2) is 16.4 Å². The quantitative estimate of drug-likeness (QED) is 0.754. The molecule has 1 aromatic heterocycles. The lowest BCUT2D eigenvalue weighted by Crippen LogP contribution is -2.15. The molecule has 0 unspecified atom stereocenters. The number of esters is 1. The van der Waals surface area contributed by atoms with Crippen LogP contribution in [0.4, 0.5) is 0 Å². The number of nitrogens with zero attached hydrogens (tertiary/aromatic N) is 2. The Bertz CT molecular complexity index is 704. The van der Waals surface area contributed by atoms with E-state index in [2.05, 4.69) is 25.5 Å². The van der Waals surface area contributed by atoms with Gasteiger partial charge in [0.1, 0.15) is 19.8 Å². The third-order valence-electron chi connectivity index (χ3n) is 3.15. The lowest BCUT2D eigenvalue weighted by molar-refractivity contribution is 0.0475. The molecule has 0 saturated heterocycles. The summed E-state index contributed by atoms with van der Waals surface area (Å²) in [5, 5.41) is 3.91. The maximum atomic E-state index is 12.1. The van der Waals surface area contributed by atoms with Crippen molar-refractivity contribution in [2.75, 3.05) is 13.2 Å². The number of fused-ring (bicyclic) bond motifs is 1. The number of benzene rings is 1. The SMILES string of the molecule is CCc1nnsc1C(=O)OCc1cc2c(cc1Br)OCCO2. The van der Waals surface area contributed by atoms with Crippen molar-refractivity contribution in [3.63, 3.8) is 0 Å². The van der Waals surface area contributed by atoms with Crippen molar-refractivity contribution < 1.29 is 19.0 Å². The number of hydrogen-bond acceptors (Lipinski definition) is 7. The van der Waals surface area contributed by atoms with E-state index >= 15 is 0 Å². The van der Waals surface area contributed by atoms with E-state index in [9.17, 15) is 4.79 Å². The molecule has 3 rings (SSSR count). The molecule has 0 fully saturated rings. The Labute approximate surface area is 139 Å². The molecule has 2 aromatic rings. The molecule has 2 heterocycles. The highest BCUT2D eigenvalue weighted by Crippen LogP contribution is 2.35. The molecule has 0 aliphatic carbocycles. The Balaban J connectivity index is 1.72. The van der Waals surface area contributed by atoms with Crippen molar-refractivity contribution in [3.8, 4) is 11.5 Å². The monoisotopic (exact) mass is 384 g/mol. The first kappa shape index (κ1) is 15.2. The summed E-state index contributed by atoms with van der Waals surface area (Å²) in [6.07, 6.45) is 0.647. The van der Waals surface area contributed by atoms with Crippen molar-refractivity contribution in [1.29, 1.82) is 0 Å². The lowest BCUT2D eigenvalue weighted by atomic mass is 10.2. The predicted molar refractivity (Wildman–Crippen MR) is 83.5 cm³/mol. The summed E-state index contributed by atoms with van der Waals surface area (Å²) in [7, 11) is 0. The molecule has 0 N–H and O–H groups in total. The van der Waals surface area contributed by atoms with Gasteiger partial charge >= 0.3 is 5.97 Å². The van der Waals surface area contributed by atoms with E-state index in [0.717, 1.165) is 21.6 Å². The van der Waals surface area contributed by atoms with Gasteiger partial charge in [0.05, 0.1) is 5.69 Å². The number of carbonyl (C=O) groups is 1. The van der Waals surface area contributed by atoms with Crippen LogP contribution in [0.5, 0.6) is 11.5 Å². The summed E-state index contributed by atoms with van der Waals surface area (Å²) in [4.78, 5) is 12.6. The Morgan fingerprint density at radius 2 is 2.09 bits per heavy atom. The van der Waals surface area contributed by atoms with E-state index in [-0.39, 0.29) is 6.61 Å². The molecular formula is C14H13BrN2O4S. The number of carbonyl (C=O) groups excluding carboxylic acids is 1. The minimum absolute atomic E-state index is 0.136. The van der Waals surface area contributed by atoms with Crippen molar-refractivity contribution in [3.05, 3.63) is 32.7 Å². The molecule has 22 heavy (non-hydrogen) atoms. The minimum Gasteiger partial charge on any atom is -0.486 e. The van der Waals surface area contributed by atoms with Crippen LogP contribution in [0, 0.1) is 0 Å². The molecule has 0 radical (unpaired) electrons. The molecule has 0 spiro atoms.